The molecule has 0 aromatic carbocycles. The summed E-state index contributed by atoms with van der Waals surface area (Å²) in [6, 6.07) is 0. The molecule has 0 bridgehead atoms. The largest absolute Gasteiger partial charge is 0.466 e. The average molecular weight is 200 g/mol. The molecule has 0 aliphatic carbocycles. The van der Waals surface area contributed by atoms with E-state index in [1.54, 1.807) is 6.08 Å². The van der Waals surface area contributed by atoms with Crippen LogP contribution in [0.25, 0.3) is 0 Å². The Kier molecular flexibility index (Phi) is 12.2. The molecular formula is C10H16O4. The Morgan fingerprint density at radius 3 is 1.93 bits per heavy atom. The Labute approximate surface area is 84.2 Å². The molecule has 0 N–H and O–H groups in total. The Bertz CT molecular complexity index is 206. The van der Waals surface area contributed by atoms with Crippen molar-refractivity contribution in [3.05, 3.63) is 24.8 Å². The van der Waals surface area contributed by atoms with E-state index in [1.807, 2.05) is 6.92 Å². The molecule has 14 heavy (non-hydrogen) atoms. The fraction of sp³-hybridized carbons (Fsp3) is 0.400. The predicted molar refractivity (Wildman–Crippen MR) is 53.7 cm³/mol. The topological polar surface area (TPSA) is 52.6 Å². The second kappa shape index (κ2) is 11.4. The van der Waals surface area contributed by atoms with Gasteiger partial charge in [-0.3, -0.25) is 0 Å². The van der Waals surface area contributed by atoms with Gasteiger partial charge in [-0.2, -0.15) is 0 Å². The van der Waals surface area contributed by atoms with E-state index in [2.05, 4.69) is 16.1 Å². The summed E-state index contributed by atoms with van der Waals surface area (Å²) in [5.41, 5.74) is 0. The lowest BCUT2D eigenvalue weighted by Crippen LogP contribution is -1.92. The second-order valence-electron chi connectivity index (χ2n) is 2.06. The first kappa shape index (κ1) is 14.9. The number of rotatable bonds is 3. The van der Waals surface area contributed by atoms with E-state index in [0.717, 1.165) is 12.5 Å². The van der Waals surface area contributed by atoms with E-state index in [4.69, 9.17) is 0 Å². The number of esters is 2. The molecule has 4 nitrogen and oxygen atoms in total. The first-order valence-corrected chi connectivity index (χ1v) is 4.07. The third-order valence-corrected chi connectivity index (χ3v) is 1.06. The van der Waals surface area contributed by atoms with Crippen LogP contribution in [0.2, 0.25) is 0 Å². The molecule has 0 radical (unpaired) electrons. The van der Waals surface area contributed by atoms with Gasteiger partial charge in [0.2, 0.25) is 0 Å². The van der Waals surface area contributed by atoms with Crippen LogP contribution in [0.4, 0.5) is 0 Å². The van der Waals surface area contributed by atoms with Crippen molar-refractivity contribution in [1.29, 1.82) is 0 Å². The standard InChI is InChI=1S/C6H10O2.C4H6O2/c1-3-4-5-6(7)8-2;1-3-4(5)6-2/h4-5H,3H2,1-2H3;3H,1H2,2H3. The van der Waals surface area contributed by atoms with Gasteiger partial charge in [0.15, 0.2) is 0 Å². The molecule has 0 saturated carbocycles. The van der Waals surface area contributed by atoms with Gasteiger partial charge in [-0.15, -0.1) is 0 Å². The molecule has 0 saturated heterocycles. The van der Waals surface area contributed by atoms with Crippen LogP contribution in [0.5, 0.6) is 0 Å². The molecule has 0 amide bonds. The zero-order valence-corrected chi connectivity index (χ0v) is 8.78. The SMILES string of the molecule is C=CC(=O)OC.CCC=CC(=O)OC. The summed E-state index contributed by atoms with van der Waals surface area (Å²) < 4.78 is 8.47. The fourth-order valence-electron chi connectivity index (χ4n) is 0.365. The molecule has 0 aliphatic heterocycles. The van der Waals surface area contributed by atoms with E-state index < -0.39 is 5.97 Å². The van der Waals surface area contributed by atoms with Crippen molar-refractivity contribution in [3.63, 3.8) is 0 Å². The summed E-state index contributed by atoms with van der Waals surface area (Å²) in [7, 11) is 2.67. The van der Waals surface area contributed by atoms with Crippen LogP contribution in [0, 0.1) is 0 Å². The smallest absolute Gasteiger partial charge is 0.330 e. The molecule has 0 atom stereocenters. The average Bonchev–Trinajstić information content (AvgIpc) is 2.25. The summed E-state index contributed by atoms with van der Waals surface area (Å²) in [5.74, 6) is -0.679. The monoisotopic (exact) mass is 200 g/mol. The number of allylic oxidation sites excluding steroid dienone is 1. The first-order valence-electron chi connectivity index (χ1n) is 4.07. The highest BCUT2D eigenvalue weighted by molar-refractivity contribution is 5.81. The molecule has 0 aromatic heterocycles. The molecular weight excluding hydrogens is 184 g/mol. The third kappa shape index (κ3) is 13.0. The number of hydrogen-bond acceptors (Lipinski definition) is 4. The summed E-state index contributed by atoms with van der Waals surface area (Å²) in [6.07, 6.45) is 5.15. The van der Waals surface area contributed by atoms with Crippen molar-refractivity contribution in [1.82, 2.24) is 0 Å². The van der Waals surface area contributed by atoms with Gasteiger partial charge in [0.25, 0.3) is 0 Å². The minimum atomic E-state index is -0.394. The third-order valence-electron chi connectivity index (χ3n) is 1.06. The van der Waals surface area contributed by atoms with Crippen LogP contribution < -0.4 is 0 Å². The van der Waals surface area contributed by atoms with Crippen LogP contribution in [0.3, 0.4) is 0 Å². The second-order valence-corrected chi connectivity index (χ2v) is 2.06. The van der Waals surface area contributed by atoms with E-state index in [0.29, 0.717) is 0 Å². The molecule has 4 heteroatoms. The van der Waals surface area contributed by atoms with Gasteiger partial charge >= 0.3 is 11.9 Å². The summed E-state index contributed by atoms with van der Waals surface area (Å²) in [4.78, 5) is 20.1. The Hall–Kier alpha value is -1.58. The molecule has 0 fully saturated rings. The molecule has 0 rings (SSSR count). The lowest BCUT2D eigenvalue weighted by atomic mass is 10.4. The number of methoxy groups -OCH3 is 2. The Morgan fingerprint density at radius 2 is 1.71 bits per heavy atom. The van der Waals surface area contributed by atoms with Crippen molar-refractivity contribution in [3.8, 4) is 0 Å². The molecule has 0 spiro atoms. The summed E-state index contributed by atoms with van der Waals surface area (Å²) >= 11 is 0. The summed E-state index contributed by atoms with van der Waals surface area (Å²) in [6.45, 7) is 5.11. The summed E-state index contributed by atoms with van der Waals surface area (Å²) in [5, 5.41) is 0. The van der Waals surface area contributed by atoms with E-state index in [1.165, 1.54) is 20.3 Å². The van der Waals surface area contributed by atoms with E-state index in [-0.39, 0.29) is 5.97 Å². The minimum absolute atomic E-state index is 0.285. The Morgan fingerprint density at radius 1 is 1.21 bits per heavy atom. The molecule has 80 valence electrons. The molecule has 0 aliphatic rings. The van der Waals surface area contributed by atoms with Crippen molar-refractivity contribution >= 4 is 11.9 Å². The highest BCUT2D eigenvalue weighted by atomic mass is 16.5. The van der Waals surface area contributed by atoms with Gasteiger partial charge in [0.1, 0.15) is 0 Å². The normalized spacial score (nSPS) is 8.50. The maximum absolute atomic E-state index is 10.3. The maximum atomic E-state index is 10.3. The molecule has 0 aromatic rings. The van der Waals surface area contributed by atoms with Gasteiger partial charge in [-0.1, -0.05) is 19.6 Å². The van der Waals surface area contributed by atoms with Gasteiger partial charge in [-0.25, -0.2) is 9.59 Å². The van der Waals surface area contributed by atoms with Gasteiger partial charge in [0.05, 0.1) is 14.2 Å². The van der Waals surface area contributed by atoms with Crippen LogP contribution in [0.1, 0.15) is 13.3 Å². The van der Waals surface area contributed by atoms with Gasteiger partial charge < -0.3 is 9.47 Å². The van der Waals surface area contributed by atoms with Crippen molar-refractivity contribution in [2.45, 2.75) is 13.3 Å². The lowest BCUT2D eigenvalue weighted by molar-refractivity contribution is -0.135. The van der Waals surface area contributed by atoms with Crippen molar-refractivity contribution < 1.29 is 19.1 Å². The van der Waals surface area contributed by atoms with Crippen LogP contribution in [0.15, 0.2) is 24.8 Å². The fourth-order valence-corrected chi connectivity index (χ4v) is 0.365. The van der Waals surface area contributed by atoms with Crippen LogP contribution in [-0.4, -0.2) is 26.2 Å². The zero-order valence-electron chi connectivity index (χ0n) is 8.78. The predicted octanol–water partition coefficient (Wildman–Crippen LogP) is 1.47. The number of hydrogen-bond donors (Lipinski definition) is 0. The molecule has 0 unspecified atom stereocenters. The van der Waals surface area contributed by atoms with Crippen LogP contribution in [-0.2, 0) is 19.1 Å². The highest BCUT2D eigenvalue weighted by Crippen LogP contribution is 1.80. The number of carbonyl (C=O) groups excluding carboxylic acids is 2. The van der Waals surface area contributed by atoms with Crippen molar-refractivity contribution in [2.24, 2.45) is 0 Å². The van der Waals surface area contributed by atoms with Gasteiger partial charge in [0, 0.05) is 12.2 Å². The number of ether oxygens (including phenoxy) is 2. The Balaban J connectivity index is 0. The molecule has 0 heterocycles. The highest BCUT2D eigenvalue weighted by Gasteiger charge is 1.85. The first-order chi connectivity index (χ1) is 6.62. The van der Waals surface area contributed by atoms with Crippen LogP contribution >= 0.6 is 0 Å². The lowest BCUT2D eigenvalue weighted by Gasteiger charge is -1.86. The quantitative estimate of drug-likeness (QED) is 0.511. The van der Waals surface area contributed by atoms with E-state index in [9.17, 15) is 9.59 Å². The minimum Gasteiger partial charge on any atom is -0.466 e. The van der Waals surface area contributed by atoms with Gasteiger partial charge in [-0.05, 0) is 6.42 Å². The van der Waals surface area contributed by atoms with E-state index >= 15 is 0 Å². The zero-order chi connectivity index (χ0) is 11.4. The maximum Gasteiger partial charge on any atom is 0.330 e. The number of carbonyl (C=O) groups is 2. The van der Waals surface area contributed by atoms with Crippen molar-refractivity contribution in [2.75, 3.05) is 14.2 Å².